The maximum absolute atomic E-state index is 5.41. The first-order valence-electron chi connectivity index (χ1n) is 15.5. The second-order valence-electron chi connectivity index (χ2n) is 12.6. The van der Waals surface area contributed by atoms with Gasteiger partial charge < -0.3 is 0 Å². The maximum Gasteiger partial charge on any atom is 0.147 e. The molecule has 3 heteroatoms. The highest BCUT2D eigenvalue weighted by Gasteiger charge is 2.25. The summed E-state index contributed by atoms with van der Waals surface area (Å²) in [6.07, 6.45) is 0. The molecular weight excluding hydrogens is 541 g/mol. The quantitative estimate of drug-likeness (QED) is 0.192. The fraction of sp³-hybridized carbons (Fsp3) is 0.225. The van der Waals surface area contributed by atoms with Crippen molar-refractivity contribution in [1.29, 1.82) is 0 Å². The van der Waals surface area contributed by atoms with Crippen LogP contribution in [0.3, 0.4) is 0 Å². The molecule has 0 radical (unpaired) electrons. The van der Waals surface area contributed by atoms with Crippen LogP contribution in [0.15, 0.2) is 103 Å². The lowest BCUT2D eigenvalue weighted by Gasteiger charge is -2.24. The Morgan fingerprint density at radius 1 is 0.605 bits per heavy atom. The molecule has 2 nitrogen and oxygen atoms in total. The predicted molar refractivity (Wildman–Crippen MR) is 187 cm³/mol. The van der Waals surface area contributed by atoms with Crippen LogP contribution >= 0.6 is 11.3 Å². The zero-order valence-electron chi connectivity index (χ0n) is 25.8. The van der Waals surface area contributed by atoms with Crippen molar-refractivity contribution >= 4 is 42.5 Å². The Labute approximate surface area is 258 Å². The van der Waals surface area contributed by atoms with Gasteiger partial charge in [0.1, 0.15) is 5.82 Å². The van der Waals surface area contributed by atoms with Gasteiger partial charge in [0, 0.05) is 25.7 Å². The molecule has 0 unspecified atom stereocenters. The van der Waals surface area contributed by atoms with Crippen molar-refractivity contribution in [3.63, 3.8) is 0 Å². The van der Waals surface area contributed by atoms with Gasteiger partial charge in [-0.1, -0.05) is 108 Å². The molecule has 7 aromatic rings. The fourth-order valence-electron chi connectivity index (χ4n) is 6.56. The number of nitrogens with zero attached hydrogens (tertiary/aromatic N) is 2. The van der Waals surface area contributed by atoms with Gasteiger partial charge in [0.15, 0.2) is 0 Å². The third kappa shape index (κ3) is 4.58. The Hall–Kier alpha value is -4.21. The van der Waals surface area contributed by atoms with Crippen LogP contribution in [0.4, 0.5) is 0 Å². The maximum atomic E-state index is 5.41. The van der Waals surface area contributed by atoms with Crippen LogP contribution in [-0.4, -0.2) is 9.55 Å². The second kappa shape index (κ2) is 10.8. The van der Waals surface area contributed by atoms with Crippen molar-refractivity contribution < 1.29 is 0 Å². The number of para-hydroxylation sites is 2. The van der Waals surface area contributed by atoms with Crippen molar-refractivity contribution in [3.8, 4) is 28.2 Å². The first-order valence-corrected chi connectivity index (χ1v) is 16.3. The van der Waals surface area contributed by atoms with Gasteiger partial charge >= 0.3 is 0 Å². The Morgan fingerprint density at radius 2 is 1.23 bits per heavy atom. The summed E-state index contributed by atoms with van der Waals surface area (Å²) in [5.74, 6) is 2.11. The fourth-order valence-corrected chi connectivity index (χ4v) is 7.81. The SMILES string of the molecule is CC(C)c1cc(-c2ccccc2)cc(C(C)C)c1-n1c(-c2ccc(C(C)C)c3c2sc2ccccc23)nc2ccccc21. The van der Waals surface area contributed by atoms with Crippen LogP contribution in [0.1, 0.15) is 76.0 Å². The standard InChI is InChI=1S/C40H38N2S/c1-24(2)29-20-21-31(39-37(29)30-16-10-13-19-36(30)43-39)40-41-34-17-11-12-18-35(34)42(40)38-32(25(3)4)22-28(23-33(38)26(5)6)27-14-8-7-9-15-27/h7-26H,1-6H3. The van der Waals surface area contributed by atoms with E-state index in [1.54, 1.807) is 0 Å². The Balaban J connectivity index is 1.61. The molecule has 2 aromatic heterocycles. The molecule has 0 saturated carbocycles. The predicted octanol–water partition coefficient (Wildman–Crippen LogP) is 12.1. The normalized spacial score (nSPS) is 12.1. The highest BCUT2D eigenvalue weighted by atomic mass is 32.1. The summed E-state index contributed by atoms with van der Waals surface area (Å²) in [6.45, 7) is 13.9. The number of benzene rings is 5. The summed E-state index contributed by atoms with van der Waals surface area (Å²) in [4.78, 5) is 5.41. The third-order valence-electron chi connectivity index (χ3n) is 8.73. The van der Waals surface area contributed by atoms with Crippen molar-refractivity contribution in [2.75, 3.05) is 0 Å². The monoisotopic (exact) mass is 578 g/mol. The van der Waals surface area contributed by atoms with Crippen molar-refractivity contribution in [2.24, 2.45) is 0 Å². The zero-order valence-corrected chi connectivity index (χ0v) is 26.7. The molecular formula is C40H38N2S. The minimum atomic E-state index is 0.331. The summed E-state index contributed by atoms with van der Waals surface area (Å²) in [5.41, 5.74) is 11.3. The molecule has 2 heterocycles. The van der Waals surface area contributed by atoms with E-state index in [1.807, 2.05) is 11.3 Å². The molecule has 7 rings (SSSR count). The zero-order chi connectivity index (χ0) is 29.8. The van der Waals surface area contributed by atoms with Gasteiger partial charge in [-0.2, -0.15) is 0 Å². The minimum absolute atomic E-state index is 0.331. The molecule has 0 fully saturated rings. The molecule has 0 saturated heterocycles. The Morgan fingerprint density at radius 3 is 1.93 bits per heavy atom. The van der Waals surface area contributed by atoms with Crippen molar-refractivity contribution in [1.82, 2.24) is 9.55 Å². The van der Waals surface area contributed by atoms with E-state index in [9.17, 15) is 0 Å². The number of hydrogen-bond donors (Lipinski definition) is 0. The smallest absolute Gasteiger partial charge is 0.147 e. The summed E-state index contributed by atoms with van der Waals surface area (Å²) in [5, 5.41) is 2.72. The first-order chi connectivity index (χ1) is 20.8. The molecule has 214 valence electrons. The number of hydrogen-bond acceptors (Lipinski definition) is 2. The molecule has 0 N–H and O–H groups in total. The van der Waals surface area contributed by atoms with E-state index < -0.39 is 0 Å². The van der Waals surface area contributed by atoms with Gasteiger partial charge in [-0.3, -0.25) is 4.57 Å². The van der Waals surface area contributed by atoms with Gasteiger partial charge in [0.25, 0.3) is 0 Å². The largest absolute Gasteiger partial charge is 0.292 e. The summed E-state index contributed by atoms with van der Waals surface area (Å²) in [7, 11) is 0. The van der Waals surface area contributed by atoms with E-state index in [-0.39, 0.29) is 0 Å². The highest BCUT2D eigenvalue weighted by molar-refractivity contribution is 7.26. The lowest BCUT2D eigenvalue weighted by molar-refractivity contribution is 0.812. The van der Waals surface area contributed by atoms with E-state index >= 15 is 0 Å². The average Bonchev–Trinajstić information content (AvgIpc) is 3.59. The number of rotatable bonds is 6. The molecule has 43 heavy (non-hydrogen) atoms. The van der Waals surface area contributed by atoms with Gasteiger partial charge in [-0.05, 0) is 82.0 Å². The molecule has 5 aromatic carbocycles. The Bertz CT molecular complexity index is 2080. The van der Waals surface area contributed by atoms with E-state index in [4.69, 9.17) is 4.98 Å². The van der Waals surface area contributed by atoms with E-state index in [0.29, 0.717) is 17.8 Å². The Kier molecular flexibility index (Phi) is 6.94. The van der Waals surface area contributed by atoms with E-state index in [1.165, 1.54) is 59.2 Å². The van der Waals surface area contributed by atoms with Crippen LogP contribution in [0, 0.1) is 0 Å². The molecule has 0 aliphatic rings. The van der Waals surface area contributed by atoms with Crippen LogP contribution in [0.2, 0.25) is 0 Å². The lowest BCUT2D eigenvalue weighted by atomic mass is 9.88. The van der Waals surface area contributed by atoms with Gasteiger partial charge in [-0.25, -0.2) is 4.98 Å². The van der Waals surface area contributed by atoms with Gasteiger partial charge in [-0.15, -0.1) is 11.3 Å². The second-order valence-corrected chi connectivity index (χ2v) is 13.6. The van der Waals surface area contributed by atoms with Crippen LogP contribution in [-0.2, 0) is 0 Å². The summed E-state index contributed by atoms with van der Waals surface area (Å²) >= 11 is 1.90. The number of aromatic nitrogens is 2. The molecule has 0 spiro atoms. The molecule has 0 aliphatic heterocycles. The molecule has 0 aliphatic carbocycles. The topological polar surface area (TPSA) is 17.8 Å². The minimum Gasteiger partial charge on any atom is -0.292 e. The lowest BCUT2D eigenvalue weighted by Crippen LogP contribution is -2.09. The number of fused-ring (bicyclic) bond motifs is 4. The van der Waals surface area contributed by atoms with Crippen molar-refractivity contribution in [2.45, 2.75) is 59.3 Å². The van der Waals surface area contributed by atoms with Crippen molar-refractivity contribution in [3.05, 3.63) is 120 Å². The first kappa shape index (κ1) is 27.6. The molecule has 0 bridgehead atoms. The van der Waals surface area contributed by atoms with Crippen LogP contribution in [0.5, 0.6) is 0 Å². The summed E-state index contributed by atoms with van der Waals surface area (Å²) in [6, 6.07) is 37.8. The summed E-state index contributed by atoms with van der Waals surface area (Å²) < 4.78 is 5.12. The van der Waals surface area contributed by atoms with Gasteiger partial charge in [0.2, 0.25) is 0 Å². The van der Waals surface area contributed by atoms with E-state index in [0.717, 1.165) is 16.9 Å². The molecule has 0 atom stereocenters. The highest BCUT2D eigenvalue weighted by Crippen LogP contribution is 2.46. The van der Waals surface area contributed by atoms with Crippen LogP contribution in [0.25, 0.3) is 59.4 Å². The van der Waals surface area contributed by atoms with Gasteiger partial charge in [0.05, 0.1) is 16.7 Å². The van der Waals surface area contributed by atoms with E-state index in [2.05, 4.69) is 149 Å². The number of imidazole rings is 1. The average molecular weight is 579 g/mol. The third-order valence-corrected chi connectivity index (χ3v) is 9.93. The molecule has 0 amide bonds. The number of thiophene rings is 1. The van der Waals surface area contributed by atoms with Crippen LogP contribution < -0.4 is 0 Å².